The van der Waals surface area contributed by atoms with Crippen molar-refractivity contribution in [3.05, 3.63) is 42.1 Å². The molecule has 142 valence electrons. The second-order valence-corrected chi connectivity index (χ2v) is 7.65. The summed E-state index contributed by atoms with van der Waals surface area (Å²) < 4.78 is 0. The van der Waals surface area contributed by atoms with Gasteiger partial charge < -0.3 is 10.2 Å². The van der Waals surface area contributed by atoms with Crippen molar-refractivity contribution >= 4 is 22.7 Å². The molecule has 4 rings (SSSR count). The van der Waals surface area contributed by atoms with Crippen LogP contribution in [0.3, 0.4) is 0 Å². The number of carbonyl (C=O) groups is 2. The number of hydrogen-bond donors (Lipinski definition) is 1. The van der Waals surface area contributed by atoms with E-state index in [1.54, 1.807) is 12.3 Å². The van der Waals surface area contributed by atoms with Crippen LogP contribution >= 0.6 is 0 Å². The fourth-order valence-corrected chi connectivity index (χ4v) is 4.24. The number of amides is 2. The summed E-state index contributed by atoms with van der Waals surface area (Å²) in [6.07, 6.45) is 4.75. The second-order valence-electron chi connectivity index (χ2n) is 7.65. The highest BCUT2D eigenvalue weighted by Gasteiger charge is 2.30. The number of likely N-dealkylation sites (tertiary alicyclic amines) is 2. The highest BCUT2D eigenvalue weighted by atomic mass is 16.2. The summed E-state index contributed by atoms with van der Waals surface area (Å²) in [6, 6.07) is 9.88. The third kappa shape index (κ3) is 3.81. The van der Waals surface area contributed by atoms with Crippen LogP contribution in [0.4, 0.5) is 0 Å². The zero-order valence-electron chi connectivity index (χ0n) is 15.7. The Labute approximate surface area is 159 Å². The number of pyridine rings is 1. The van der Waals surface area contributed by atoms with E-state index in [1.807, 2.05) is 29.2 Å². The van der Waals surface area contributed by atoms with Gasteiger partial charge in [0.2, 0.25) is 5.91 Å². The Hall–Kier alpha value is -2.47. The summed E-state index contributed by atoms with van der Waals surface area (Å²) in [5, 5.41) is 4.00. The average Bonchev–Trinajstić information content (AvgIpc) is 3.30. The third-order valence-electron chi connectivity index (χ3n) is 5.73. The predicted molar refractivity (Wildman–Crippen MR) is 104 cm³/mol. The molecule has 0 saturated carbocycles. The minimum Gasteiger partial charge on any atom is -0.348 e. The first-order valence-electron chi connectivity index (χ1n) is 9.78. The van der Waals surface area contributed by atoms with Gasteiger partial charge in [0.15, 0.2) is 0 Å². The first-order valence-corrected chi connectivity index (χ1v) is 9.78. The van der Waals surface area contributed by atoms with Crippen LogP contribution in [0.25, 0.3) is 10.9 Å². The number of rotatable bonds is 4. The molecule has 0 unspecified atom stereocenters. The minimum atomic E-state index is -0.0695. The van der Waals surface area contributed by atoms with Gasteiger partial charge in [-0.1, -0.05) is 18.2 Å². The Bertz CT molecular complexity index is 848. The number of nitrogens with one attached hydrogen (secondary N) is 1. The molecule has 2 amide bonds. The second kappa shape index (κ2) is 7.64. The van der Waals surface area contributed by atoms with Crippen molar-refractivity contribution in [1.82, 2.24) is 20.1 Å². The van der Waals surface area contributed by atoms with Gasteiger partial charge in [-0.2, -0.15) is 0 Å². The number of benzene rings is 1. The summed E-state index contributed by atoms with van der Waals surface area (Å²) >= 11 is 0. The van der Waals surface area contributed by atoms with Gasteiger partial charge in [-0.05, 0) is 38.3 Å². The van der Waals surface area contributed by atoms with Crippen molar-refractivity contribution in [1.29, 1.82) is 0 Å². The van der Waals surface area contributed by atoms with E-state index >= 15 is 0 Å². The molecule has 2 aromatic rings. The third-order valence-corrected chi connectivity index (χ3v) is 5.73. The molecule has 3 heterocycles. The molecule has 2 atom stereocenters. The molecular weight excluding hydrogens is 340 g/mol. The van der Waals surface area contributed by atoms with Crippen molar-refractivity contribution in [2.75, 3.05) is 26.2 Å². The van der Waals surface area contributed by atoms with Crippen molar-refractivity contribution in [3.8, 4) is 0 Å². The summed E-state index contributed by atoms with van der Waals surface area (Å²) in [4.78, 5) is 33.7. The van der Waals surface area contributed by atoms with Crippen LogP contribution in [0.1, 0.15) is 36.5 Å². The predicted octanol–water partition coefficient (Wildman–Crippen LogP) is 2.05. The minimum absolute atomic E-state index is 0.0695. The lowest BCUT2D eigenvalue weighted by molar-refractivity contribution is -0.132. The van der Waals surface area contributed by atoms with Crippen molar-refractivity contribution in [2.45, 2.75) is 38.3 Å². The zero-order valence-corrected chi connectivity index (χ0v) is 15.7. The van der Waals surface area contributed by atoms with E-state index in [1.165, 1.54) is 0 Å². The van der Waals surface area contributed by atoms with Crippen LogP contribution in [0.2, 0.25) is 0 Å². The van der Waals surface area contributed by atoms with Crippen molar-refractivity contribution in [3.63, 3.8) is 0 Å². The van der Waals surface area contributed by atoms with Crippen LogP contribution in [0, 0.1) is 0 Å². The topological polar surface area (TPSA) is 65.5 Å². The largest absolute Gasteiger partial charge is 0.348 e. The Balaban J connectivity index is 1.35. The molecule has 0 spiro atoms. The number of hydrogen-bond acceptors (Lipinski definition) is 4. The normalized spacial score (nSPS) is 23.1. The molecule has 0 radical (unpaired) electrons. The highest BCUT2D eigenvalue weighted by molar-refractivity contribution is 6.06. The quantitative estimate of drug-likeness (QED) is 0.899. The molecule has 0 aliphatic carbocycles. The fourth-order valence-electron chi connectivity index (χ4n) is 4.24. The van der Waals surface area contributed by atoms with Gasteiger partial charge in [0.05, 0.1) is 17.6 Å². The van der Waals surface area contributed by atoms with Gasteiger partial charge in [-0.3, -0.25) is 19.5 Å². The highest BCUT2D eigenvalue weighted by Crippen LogP contribution is 2.19. The van der Waals surface area contributed by atoms with E-state index < -0.39 is 0 Å². The molecule has 2 aliphatic heterocycles. The number of para-hydroxylation sites is 1. The first kappa shape index (κ1) is 17.9. The van der Waals surface area contributed by atoms with E-state index in [0.29, 0.717) is 18.2 Å². The monoisotopic (exact) mass is 366 g/mol. The van der Waals surface area contributed by atoms with E-state index in [-0.39, 0.29) is 17.9 Å². The van der Waals surface area contributed by atoms with Gasteiger partial charge in [-0.25, -0.2) is 0 Å². The van der Waals surface area contributed by atoms with Gasteiger partial charge >= 0.3 is 0 Å². The molecule has 1 N–H and O–H groups in total. The zero-order chi connectivity index (χ0) is 18.8. The van der Waals surface area contributed by atoms with Crippen LogP contribution in [-0.4, -0.2) is 64.9 Å². The standard InChI is InChI=1S/C21H26N4O2/c1-15-5-4-11-25(15)20(26)14-24-12-9-16(13-24)23-21(27)18-8-10-22-19-7-3-2-6-17(18)19/h2-3,6-8,10,15-16H,4-5,9,11-14H2,1H3,(H,23,27)/t15-,16+/m1/s1. The SMILES string of the molecule is C[C@@H]1CCCN1C(=O)CN1CC[C@H](NC(=O)c2ccnc3ccccc23)C1. The fraction of sp³-hybridized carbons (Fsp3) is 0.476. The smallest absolute Gasteiger partial charge is 0.252 e. The maximum atomic E-state index is 12.8. The summed E-state index contributed by atoms with van der Waals surface area (Å²) in [6.45, 7) is 5.02. The van der Waals surface area contributed by atoms with Gasteiger partial charge in [0.25, 0.3) is 5.91 Å². The molecule has 1 aromatic heterocycles. The number of nitrogens with zero attached hydrogens (tertiary/aromatic N) is 3. The van der Waals surface area contributed by atoms with E-state index in [4.69, 9.17) is 0 Å². The molecule has 27 heavy (non-hydrogen) atoms. The van der Waals surface area contributed by atoms with Crippen LogP contribution in [-0.2, 0) is 4.79 Å². The van der Waals surface area contributed by atoms with E-state index in [2.05, 4.69) is 22.1 Å². The Morgan fingerprint density at radius 2 is 2.04 bits per heavy atom. The lowest BCUT2D eigenvalue weighted by Crippen LogP contribution is -2.42. The number of aromatic nitrogens is 1. The van der Waals surface area contributed by atoms with Crippen LogP contribution in [0.5, 0.6) is 0 Å². The van der Waals surface area contributed by atoms with Crippen LogP contribution < -0.4 is 5.32 Å². The molecule has 2 aliphatic rings. The number of carbonyl (C=O) groups excluding carboxylic acids is 2. The molecular formula is C21H26N4O2. The summed E-state index contributed by atoms with van der Waals surface area (Å²) in [5.41, 5.74) is 1.48. The van der Waals surface area contributed by atoms with Crippen molar-refractivity contribution in [2.24, 2.45) is 0 Å². The molecule has 0 bridgehead atoms. The summed E-state index contributed by atoms with van der Waals surface area (Å²) in [5.74, 6) is 0.145. The lowest BCUT2D eigenvalue weighted by atomic mass is 10.1. The summed E-state index contributed by atoms with van der Waals surface area (Å²) in [7, 11) is 0. The maximum Gasteiger partial charge on any atom is 0.252 e. The maximum absolute atomic E-state index is 12.8. The Kier molecular flexibility index (Phi) is 5.07. The molecule has 2 saturated heterocycles. The Morgan fingerprint density at radius 1 is 1.19 bits per heavy atom. The molecule has 1 aromatic carbocycles. The van der Waals surface area contributed by atoms with Crippen LogP contribution in [0.15, 0.2) is 36.5 Å². The van der Waals surface area contributed by atoms with E-state index in [0.717, 1.165) is 49.8 Å². The van der Waals surface area contributed by atoms with Crippen molar-refractivity contribution < 1.29 is 9.59 Å². The van der Waals surface area contributed by atoms with Gasteiger partial charge in [0.1, 0.15) is 0 Å². The Morgan fingerprint density at radius 3 is 2.85 bits per heavy atom. The molecule has 6 heteroatoms. The molecule has 6 nitrogen and oxygen atoms in total. The number of fused-ring (bicyclic) bond motifs is 1. The van der Waals surface area contributed by atoms with Gasteiger partial charge in [-0.15, -0.1) is 0 Å². The lowest BCUT2D eigenvalue weighted by Gasteiger charge is -2.24. The molecule has 2 fully saturated rings. The van der Waals surface area contributed by atoms with E-state index in [9.17, 15) is 9.59 Å². The first-order chi connectivity index (χ1) is 13.1. The van der Waals surface area contributed by atoms with Gasteiger partial charge in [0, 0.05) is 43.3 Å². The average molecular weight is 366 g/mol.